The van der Waals surface area contributed by atoms with Crippen molar-refractivity contribution in [3.8, 4) is 16.9 Å². The molecule has 2 aliphatic rings. The Hall–Kier alpha value is -2.62. The summed E-state index contributed by atoms with van der Waals surface area (Å²) in [6, 6.07) is 14.5. The van der Waals surface area contributed by atoms with Crippen LogP contribution in [0.2, 0.25) is 0 Å². The summed E-state index contributed by atoms with van der Waals surface area (Å²) in [4.78, 5) is 16.6. The molecule has 9 heteroatoms. The highest BCUT2D eigenvalue weighted by molar-refractivity contribution is 7.89. The molecule has 2 heterocycles. The fourth-order valence-electron chi connectivity index (χ4n) is 4.34. The second kappa shape index (κ2) is 10.1. The lowest BCUT2D eigenvalue weighted by atomic mass is 10.1. The van der Waals surface area contributed by atoms with Crippen LogP contribution in [0.1, 0.15) is 12.8 Å². The molecular weight excluding hydrogens is 442 g/mol. The quantitative estimate of drug-likeness (QED) is 0.667. The number of carbonyl (C=O) groups is 1. The molecule has 2 aromatic rings. The third-order valence-corrected chi connectivity index (χ3v) is 8.41. The van der Waals surface area contributed by atoms with Crippen molar-refractivity contribution in [3.05, 3.63) is 48.5 Å². The van der Waals surface area contributed by atoms with E-state index in [9.17, 15) is 13.2 Å². The third-order valence-electron chi connectivity index (χ3n) is 6.49. The number of carbonyl (C=O) groups excluding carboxylic acids is 1. The number of rotatable bonds is 5. The molecule has 0 N–H and O–H groups in total. The molecule has 2 aliphatic heterocycles. The number of ether oxygens (including phenoxy) is 2. The first kappa shape index (κ1) is 23.5. The van der Waals surface area contributed by atoms with Crippen LogP contribution in [0.15, 0.2) is 53.4 Å². The number of hydrogen-bond acceptors (Lipinski definition) is 5. The molecule has 0 saturated carbocycles. The Morgan fingerprint density at radius 2 is 1.42 bits per heavy atom. The van der Waals surface area contributed by atoms with Gasteiger partial charge in [-0.2, -0.15) is 4.31 Å². The fraction of sp³-hybridized carbons (Fsp3) is 0.458. The van der Waals surface area contributed by atoms with Crippen LogP contribution in [-0.2, 0) is 14.8 Å². The lowest BCUT2D eigenvalue weighted by molar-refractivity contribution is 0.0399. The smallest absolute Gasteiger partial charge is 0.320 e. The van der Waals surface area contributed by atoms with Crippen molar-refractivity contribution < 1.29 is 22.7 Å². The minimum atomic E-state index is -3.62. The molecule has 0 bridgehead atoms. The van der Waals surface area contributed by atoms with E-state index in [0.29, 0.717) is 52.2 Å². The third kappa shape index (κ3) is 5.15. The lowest BCUT2D eigenvalue weighted by Gasteiger charge is -2.39. The van der Waals surface area contributed by atoms with Gasteiger partial charge in [0.25, 0.3) is 0 Å². The van der Waals surface area contributed by atoms with Gasteiger partial charge >= 0.3 is 6.03 Å². The molecule has 2 fully saturated rings. The number of urea groups is 1. The highest BCUT2D eigenvalue weighted by atomic mass is 32.2. The van der Waals surface area contributed by atoms with Gasteiger partial charge in [0, 0.05) is 39.3 Å². The molecule has 2 aromatic carbocycles. The molecule has 0 aliphatic carbocycles. The molecule has 0 radical (unpaired) electrons. The summed E-state index contributed by atoms with van der Waals surface area (Å²) >= 11 is 0. The number of amides is 2. The number of nitrogens with zero attached hydrogens (tertiary/aromatic N) is 3. The van der Waals surface area contributed by atoms with Crippen LogP contribution >= 0.6 is 0 Å². The molecule has 0 unspecified atom stereocenters. The van der Waals surface area contributed by atoms with Gasteiger partial charge in [-0.15, -0.1) is 0 Å². The summed E-state index contributed by atoms with van der Waals surface area (Å²) in [5, 5.41) is 0. The molecule has 33 heavy (non-hydrogen) atoms. The van der Waals surface area contributed by atoms with Crippen molar-refractivity contribution in [3.63, 3.8) is 0 Å². The van der Waals surface area contributed by atoms with Gasteiger partial charge in [-0.25, -0.2) is 13.2 Å². The average Bonchev–Trinajstić information content (AvgIpc) is 2.88. The van der Waals surface area contributed by atoms with Gasteiger partial charge in [0.1, 0.15) is 5.75 Å². The van der Waals surface area contributed by atoms with Gasteiger partial charge in [-0.05, 0) is 48.2 Å². The van der Waals surface area contributed by atoms with Gasteiger partial charge in [0.15, 0.2) is 0 Å². The van der Waals surface area contributed by atoms with Crippen LogP contribution in [0.25, 0.3) is 11.1 Å². The maximum Gasteiger partial charge on any atom is 0.320 e. The summed E-state index contributed by atoms with van der Waals surface area (Å²) in [6.45, 7) is 3.47. The molecule has 4 rings (SSSR count). The second-order valence-corrected chi connectivity index (χ2v) is 10.4. The van der Waals surface area contributed by atoms with E-state index in [-0.39, 0.29) is 17.0 Å². The predicted octanol–water partition coefficient (Wildman–Crippen LogP) is 2.90. The molecule has 0 aromatic heterocycles. The van der Waals surface area contributed by atoms with E-state index in [0.717, 1.165) is 16.9 Å². The molecule has 2 amide bonds. The van der Waals surface area contributed by atoms with Crippen molar-refractivity contribution in [1.82, 2.24) is 14.1 Å². The zero-order valence-electron chi connectivity index (χ0n) is 19.1. The number of methoxy groups -OCH3 is 1. The molecule has 0 spiro atoms. The van der Waals surface area contributed by atoms with E-state index >= 15 is 0 Å². The number of piperidine rings is 1. The molecule has 2 saturated heterocycles. The van der Waals surface area contributed by atoms with Gasteiger partial charge < -0.3 is 19.3 Å². The highest BCUT2D eigenvalue weighted by Gasteiger charge is 2.33. The van der Waals surface area contributed by atoms with E-state index in [1.807, 2.05) is 46.2 Å². The Balaban J connectivity index is 1.38. The maximum absolute atomic E-state index is 13.2. The largest absolute Gasteiger partial charge is 0.497 e. The minimum Gasteiger partial charge on any atom is -0.497 e. The summed E-state index contributed by atoms with van der Waals surface area (Å²) in [5.74, 6) is 0.775. The maximum atomic E-state index is 13.2. The first-order chi connectivity index (χ1) is 15.9. The van der Waals surface area contributed by atoms with E-state index in [1.165, 1.54) is 4.31 Å². The van der Waals surface area contributed by atoms with Gasteiger partial charge in [0.2, 0.25) is 10.0 Å². The van der Waals surface area contributed by atoms with E-state index in [4.69, 9.17) is 9.47 Å². The van der Waals surface area contributed by atoms with Crippen molar-refractivity contribution >= 4 is 16.1 Å². The molecule has 0 atom stereocenters. The van der Waals surface area contributed by atoms with E-state index < -0.39 is 10.0 Å². The van der Waals surface area contributed by atoms with Crippen LogP contribution in [0.4, 0.5) is 4.79 Å². The highest BCUT2D eigenvalue weighted by Crippen LogP contribution is 2.27. The van der Waals surface area contributed by atoms with Crippen LogP contribution in [0.5, 0.6) is 5.75 Å². The molecule has 178 valence electrons. The number of sulfonamides is 1. The van der Waals surface area contributed by atoms with Crippen molar-refractivity contribution in [2.24, 2.45) is 0 Å². The lowest BCUT2D eigenvalue weighted by Crippen LogP contribution is -2.53. The Bertz CT molecular complexity index is 1040. The second-order valence-electron chi connectivity index (χ2n) is 8.37. The Morgan fingerprint density at radius 3 is 1.97 bits per heavy atom. The van der Waals surface area contributed by atoms with Crippen LogP contribution < -0.4 is 4.74 Å². The summed E-state index contributed by atoms with van der Waals surface area (Å²) in [6.07, 6.45) is 1.24. The van der Waals surface area contributed by atoms with Crippen LogP contribution in [0, 0.1) is 0 Å². The average molecular weight is 474 g/mol. The molecule has 8 nitrogen and oxygen atoms in total. The van der Waals surface area contributed by atoms with Crippen molar-refractivity contribution in [2.75, 3.05) is 53.6 Å². The summed E-state index contributed by atoms with van der Waals surface area (Å²) in [7, 11) is -0.366. The number of morpholine rings is 1. The van der Waals surface area contributed by atoms with Gasteiger partial charge in [-0.1, -0.05) is 24.3 Å². The van der Waals surface area contributed by atoms with Crippen molar-refractivity contribution in [1.29, 1.82) is 0 Å². The fourth-order valence-corrected chi connectivity index (χ4v) is 5.76. The molecular formula is C24H31N3O5S. The first-order valence-electron chi connectivity index (χ1n) is 11.2. The van der Waals surface area contributed by atoms with Crippen molar-refractivity contribution in [2.45, 2.75) is 23.8 Å². The van der Waals surface area contributed by atoms with Gasteiger partial charge in [-0.3, -0.25) is 0 Å². The summed E-state index contributed by atoms with van der Waals surface area (Å²) in [5.41, 5.74) is 1.93. The van der Waals surface area contributed by atoms with E-state index in [1.54, 1.807) is 26.3 Å². The van der Waals surface area contributed by atoms with Crippen LogP contribution in [0.3, 0.4) is 0 Å². The van der Waals surface area contributed by atoms with Gasteiger partial charge in [0.05, 0.1) is 25.2 Å². The minimum absolute atomic E-state index is 0.0244. The number of hydrogen-bond donors (Lipinski definition) is 0. The Kier molecular flexibility index (Phi) is 7.21. The summed E-state index contributed by atoms with van der Waals surface area (Å²) < 4.78 is 38.4. The first-order valence-corrected chi connectivity index (χ1v) is 12.7. The number of benzene rings is 2. The topological polar surface area (TPSA) is 79.4 Å². The van der Waals surface area contributed by atoms with E-state index in [2.05, 4.69) is 0 Å². The predicted molar refractivity (Wildman–Crippen MR) is 126 cm³/mol. The Labute approximate surface area is 195 Å². The monoisotopic (exact) mass is 473 g/mol. The zero-order valence-corrected chi connectivity index (χ0v) is 20.0. The Morgan fingerprint density at radius 1 is 0.909 bits per heavy atom. The number of likely N-dealkylation sites (tertiary alicyclic amines) is 1. The zero-order chi connectivity index (χ0) is 23.4. The SMILES string of the molecule is COc1ccc(-c2ccc(S(=O)(=O)N(C)C3CCN(C(=O)N4CCOCC4)CC3)cc2)cc1. The normalized spacial score (nSPS) is 17.9. The standard InChI is InChI=1S/C24H31N3O5S/c1-25(21-11-13-26(14-12-21)24(28)27-15-17-32-18-16-27)33(29,30)23-9-5-20(6-10-23)19-3-7-22(31-2)8-4-19/h3-10,21H,11-18H2,1-2H3. The van der Waals surface area contributed by atoms with Crippen LogP contribution in [-0.4, -0.2) is 88.1 Å².